The van der Waals surface area contributed by atoms with Gasteiger partial charge in [0.1, 0.15) is 8.32 Å². The fourth-order valence-electron chi connectivity index (χ4n) is 0.354. The van der Waals surface area contributed by atoms with Gasteiger partial charge in [0.2, 0.25) is 0 Å². The Morgan fingerprint density at radius 3 is 1.55 bits per heavy atom. The number of rotatable bonds is 2. The Morgan fingerprint density at radius 1 is 1.09 bits per heavy atom. The van der Waals surface area contributed by atoms with Crippen molar-refractivity contribution in [3.05, 3.63) is 6.61 Å². The van der Waals surface area contributed by atoms with E-state index in [1.165, 1.54) is 0 Å². The quantitative estimate of drug-likeness (QED) is 0.416. The Balaban J connectivity index is 0. The molecule has 0 aromatic carbocycles. The van der Waals surface area contributed by atoms with Crippen LogP contribution in [0.5, 0.6) is 0 Å². The van der Waals surface area contributed by atoms with Crippen LogP contribution in [0.25, 0.3) is 0 Å². The van der Waals surface area contributed by atoms with E-state index in [0.717, 1.165) is 0 Å². The molecule has 0 atom stereocenters. The molecule has 0 aliphatic carbocycles. The van der Waals surface area contributed by atoms with Crippen molar-refractivity contribution >= 4 is 8.32 Å². The molecule has 0 N–H and O–H groups in total. The molecule has 0 aliphatic heterocycles. The van der Waals surface area contributed by atoms with Crippen molar-refractivity contribution in [1.82, 2.24) is 0 Å². The van der Waals surface area contributed by atoms with E-state index in [0.29, 0.717) is 0 Å². The Hall–Kier alpha value is 0.774. The first-order valence-electron chi connectivity index (χ1n) is 3.73. The van der Waals surface area contributed by atoms with Crippen LogP contribution in [0.1, 0.15) is 20.8 Å². The van der Waals surface area contributed by atoms with Crippen molar-refractivity contribution in [2.45, 2.75) is 40.4 Å². The van der Waals surface area contributed by atoms with Gasteiger partial charge in [0.05, 0.1) is 0 Å². The molecule has 0 heterocycles. The standard InChI is InChI=1S/C8H19OSi.Li/c1-8(2,3)7-9-10(4,5)6;/h7H,1-6H3;/q-1;+1. The van der Waals surface area contributed by atoms with E-state index in [-0.39, 0.29) is 24.3 Å². The normalized spacial score (nSPS) is 12.5. The molecule has 11 heavy (non-hydrogen) atoms. The summed E-state index contributed by atoms with van der Waals surface area (Å²) < 4.78 is 5.61. The summed E-state index contributed by atoms with van der Waals surface area (Å²) in [5.41, 5.74) is 0.195. The van der Waals surface area contributed by atoms with Crippen LogP contribution in [0.15, 0.2) is 0 Å². The van der Waals surface area contributed by atoms with Gasteiger partial charge in [-0.1, -0.05) is 20.8 Å². The molecule has 0 rings (SSSR count). The topological polar surface area (TPSA) is 9.23 Å². The fraction of sp³-hybridized carbons (Fsp3) is 0.875. The second-order valence-electron chi connectivity index (χ2n) is 4.71. The average molecular weight is 166 g/mol. The van der Waals surface area contributed by atoms with E-state index >= 15 is 0 Å². The van der Waals surface area contributed by atoms with Crippen LogP contribution < -0.4 is 18.9 Å². The van der Waals surface area contributed by atoms with Gasteiger partial charge in [-0.2, -0.15) is 0 Å². The summed E-state index contributed by atoms with van der Waals surface area (Å²) in [7, 11) is -1.32. The van der Waals surface area contributed by atoms with Crippen LogP contribution >= 0.6 is 0 Å². The third-order valence-electron chi connectivity index (χ3n) is 0.766. The average Bonchev–Trinajstić information content (AvgIpc) is 1.57. The SMILES string of the molecule is CC(C)(C)[CH-]O[Si](C)(C)C.[Li+]. The van der Waals surface area contributed by atoms with Crippen molar-refractivity contribution < 1.29 is 23.3 Å². The van der Waals surface area contributed by atoms with Crippen LogP contribution in [0.2, 0.25) is 19.6 Å². The Kier molecular flexibility index (Phi) is 6.13. The van der Waals surface area contributed by atoms with E-state index in [1.54, 1.807) is 0 Å². The second kappa shape index (κ2) is 4.72. The predicted molar refractivity (Wildman–Crippen MR) is 48.2 cm³/mol. The van der Waals surface area contributed by atoms with Crippen molar-refractivity contribution in [2.75, 3.05) is 0 Å². The van der Waals surface area contributed by atoms with Gasteiger partial charge in [0.15, 0.2) is 0 Å². The van der Waals surface area contributed by atoms with E-state index in [4.69, 9.17) is 4.43 Å². The summed E-state index contributed by atoms with van der Waals surface area (Å²) in [6.07, 6.45) is 0. The van der Waals surface area contributed by atoms with E-state index in [2.05, 4.69) is 40.4 Å². The molecule has 0 amide bonds. The van der Waals surface area contributed by atoms with Crippen LogP contribution in [-0.4, -0.2) is 8.32 Å². The maximum absolute atomic E-state index is 5.61. The van der Waals surface area contributed by atoms with Gasteiger partial charge >= 0.3 is 18.9 Å². The molecule has 0 radical (unpaired) electrons. The molecule has 0 unspecified atom stereocenters. The van der Waals surface area contributed by atoms with Gasteiger partial charge in [-0.25, -0.2) is 6.61 Å². The van der Waals surface area contributed by atoms with Gasteiger partial charge < -0.3 is 4.43 Å². The Labute approximate surface area is 84.2 Å². The molecule has 0 saturated heterocycles. The molecular formula is C8H19LiOSi. The zero-order chi connectivity index (χ0) is 8.41. The summed E-state index contributed by atoms with van der Waals surface area (Å²) in [6, 6.07) is 0. The fourth-order valence-corrected chi connectivity index (χ4v) is 1.06. The summed E-state index contributed by atoms with van der Waals surface area (Å²) in [5.74, 6) is 0. The van der Waals surface area contributed by atoms with Crippen LogP contribution in [-0.2, 0) is 4.43 Å². The third kappa shape index (κ3) is 13.7. The van der Waals surface area contributed by atoms with E-state index in [1.807, 2.05) is 6.61 Å². The minimum Gasteiger partial charge on any atom is -0.592 e. The molecule has 0 aromatic heterocycles. The first-order chi connectivity index (χ1) is 4.21. The van der Waals surface area contributed by atoms with Gasteiger partial charge in [-0.05, 0) is 19.6 Å². The van der Waals surface area contributed by atoms with Crippen LogP contribution in [0.4, 0.5) is 0 Å². The van der Waals surface area contributed by atoms with Gasteiger partial charge in [-0.15, -0.1) is 5.41 Å². The van der Waals surface area contributed by atoms with Gasteiger partial charge in [0.25, 0.3) is 0 Å². The molecule has 0 bridgehead atoms. The van der Waals surface area contributed by atoms with Crippen LogP contribution in [0.3, 0.4) is 0 Å². The van der Waals surface area contributed by atoms with Crippen molar-refractivity contribution in [3.8, 4) is 0 Å². The number of hydrogen-bond donors (Lipinski definition) is 0. The molecule has 0 aliphatic rings. The zero-order valence-electron chi connectivity index (χ0n) is 8.99. The molecule has 0 fully saturated rings. The molecular weight excluding hydrogens is 147 g/mol. The summed E-state index contributed by atoms with van der Waals surface area (Å²) in [6.45, 7) is 15.0. The van der Waals surface area contributed by atoms with Crippen molar-refractivity contribution in [2.24, 2.45) is 5.41 Å². The smallest absolute Gasteiger partial charge is 0.592 e. The molecule has 0 aromatic rings. The molecule has 1 nitrogen and oxygen atoms in total. The van der Waals surface area contributed by atoms with Gasteiger partial charge in [-0.3, -0.25) is 0 Å². The third-order valence-corrected chi connectivity index (χ3v) is 1.59. The molecule has 62 valence electrons. The summed E-state index contributed by atoms with van der Waals surface area (Å²) in [5, 5.41) is 0. The van der Waals surface area contributed by atoms with Crippen molar-refractivity contribution in [1.29, 1.82) is 0 Å². The Bertz CT molecular complexity index is 87.6. The van der Waals surface area contributed by atoms with Gasteiger partial charge in [0, 0.05) is 0 Å². The maximum atomic E-state index is 5.61. The minimum absolute atomic E-state index is 0. The minimum atomic E-state index is -1.32. The van der Waals surface area contributed by atoms with Crippen LogP contribution in [0, 0.1) is 12.0 Å². The first-order valence-corrected chi connectivity index (χ1v) is 7.14. The van der Waals surface area contributed by atoms with Crippen molar-refractivity contribution in [3.63, 3.8) is 0 Å². The maximum Gasteiger partial charge on any atom is 1.00 e. The Morgan fingerprint density at radius 2 is 1.45 bits per heavy atom. The second-order valence-corrected chi connectivity index (χ2v) is 9.17. The van der Waals surface area contributed by atoms with E-state index < -0.39 is 8.32 Å². The molecule has 0 saturated carbocycles. The molecule has 3 heteroatoms. The zero-order valence-corrected chi connectivity index (χ0v) is 9.99. The predicted octanol–water partition coefficient (Wildman–Crippen LogP) is 0.0498. The number of hydrogen-bond acceptors (Lipinski definition) is 1. The van der Waals surface area contributed by atoms with E-state index in [9.17, 15) is 0 Å². The summed E-state index contributed by atoms with van der Waals surface area (Å²) in [4.78, 5) is 0. The largest absolute Gasteiger partial charge is 1.00 e. The monoisotopic (exact) mass is 166 g/mol. The first kappa shape index (κ1) is 14.3. The summed E-state index contributed by atoms with van der Waals surface area (Å²) >= 11 is 0. The molecule has 0 spiro atoms.